The molecule has 1 aliphatic heterocycles. The van der Waals surface area contributed by atoms with Crippen LogP contribution in [-0.2, 0) is 17.5 Å². The molecular formula is C18H18N8S. The lowest BCUT2D eigenvalue weighted by Crippen LogP contribution is -2.22. The van der Waals surface area contributed by atoms with Crippen LogP contribution in [0.4, 0.5) is 11.8 Å². The Hall–Kier alpha value is -2.94. The molecule has 0 saturated carbocycles. The zero-order valence-electron chi connectivity index (χ0n) is 15.2. The minimum Gasteiger partial charge on any atom is -0.309 e. The molecule has 0 aromatic carbocycles. The van der Waals surface area contributed by atoms with Crippen LogP contribution in [0.25, 0.3) is 16.9 Å². The normalized spacial score (nSPS) is 15.2. The summed E-state index contributed by atoms with van der Waals surface area (Å²) in [5.74, 6) is 3.22. The van der Waals surface area contributed by atoms with E-state index in [1.165, 1.54) is 5.69 Å². The summed E-state index contributed by atoms with van der Waals surface area (Å²) in [6, 6.07) is 8.00. The van der Waals surface area contributed by atoms with Crippen molar-refractivity contribution in [2.75, 3.05) is 5.32 Å². The molecule has 0 spiro atoms. The number of aromatic nitrogens is 7. The molecule has 0 radical (unpaired) electrons. The molecule has 0 fully saturated rings. The van der Waals surface area contributed by atoms with Crippen LogP contribution in [-0.4, -0.2) is 34.3 Å². The Kier molecular flexibility index (Phi) is 3.48. The maximum atomic E-state index is 4.69. The van der Waals surface area contributed by atoms with E-state index in [9.17, 15) is 0 Å². The summed E-state index contributed by atoms with van der Waals surface area (Å²) < 4.78 is 3.88. The molecular weight excluding hydrogens is 360 g/mol. The van der Waals surface area contributed by atoms with Gasteiger partial charge in [0.05, 0.1) is 22.4 Å². The van der Waals surface area contributed by atoms with Crippen LogP contribution in [0.1, 0.15) is 25.4 Å². The fraction of sp³-hybridized carbons (Fsp3) is 0.278. The van der Waals surface area contributed by atoms with Crippen LogP contribution in [0.5, 0.6) is 0 Å². The lowest BCUT2D eigenvalue weighted by Gasteiger charge is -2.30. The van der Waals surface area contributed by atoms with Gasteiger partial charge in [0, 0.05) is 30.6 Å². The molecule has 5 heterocycles. The Bertz CT molecular complexity index is 1160. The maximum absolute atomic E-state index is 4.69. The van der Waals surface area contributed by atoms with E-state index < -0.39 is 0 Å². The first-order valence-electron chi connectivity index (χ1n) is 8.62. The topological polar surface area (TPSA) is 85.8 Å². The molecule has 9 heteroatoms. The maximum Gasteiger partial charge on any atom is 0.228 e. The summed E-state index contributed by atoms with van der Waals surface area (Å²) in [7, 11) is 1.87. The summed E-state index contributed by atoms with van der Waals surface area (Å²) in [4.78, 5) is 9.02. The minimum absolute atomic E-state index is 0.0214. The van der Waals surface area contributed by atoms with E-state index in [0.29, 0.717) is 5.95 Å². The lowest BCUT2D eigenvalue weighted by molar-refractivity contribution is 0.703. The number of aryl methyl sites for hydroxylation is 1. The Balaban J connectivity index is 1.60. The molecule has 0 unspecified atom stereocenters. The van der Waals surface area contributed by atoms with E-state index in [0.717, 1.165) is 34.3 Å². The van der Waals surface area contributed by atoms with E-state index in [-0.39, 0.29) is 4.75 Å². The van der Waals surface area contributed by atoms with Gasteiger partial charge in [-0.05, 0) is 32.0 Å². The Labute approximate surface area is 160 Å². The average molecular weight is 378 g/mol. The zero-order valence-corrected chi connectivity index (χ0v) is 16.0. The van der Waals surface area contributed by atoms with Gasteiger partial charge in [-0.1, -0.05) is 0 Å². The van der Waals surface area contributed by atoms with Crippen molar-refractivity contribution in [3.05, 3.63) is 48.2 Å². The quantitative estimate of drug-likeness (QED) is 0.586. The van der Waals surface area contributed by atoms with Crippen molar-refractivity contribution in [1.29, 1.82) is 0 Å². The second-order valence-corrected chi connectivity index (χ2v) is 8.57. The molecule has 0 atom stereocenters. The molecule has 0 amide bonds. The number of anilines is 2. The van der Waals surface area contributed by atoms with E-state index in [1.54, 1.807) is 17.1 Å². The van der Waals surface area contributed by atoms with Gasteiger partial charge >= 0.3 is 0 Å². The van der Waals surface area contributed by atoms with Gasteiger partial charge in [-0.25, -0.2) is 9.97 Å². The molecule has 1 aliphatic rings. The first-order valence-corrected chi connectivity index (χ1v) is 9.61. The smallest absolute Gasteiger partial charge is 0.228 e. The summed E-state index contributed by atoms with van der Waals surface area (Å²) in [6.45, 7) is 4.46. The predicted octanol–water partition coefficient (Wildman–Crippen LogP) is 3.15. The molecule has 4 aromatic heterocycles. The highest BCUT2D eigenvalue weighted by Crippen LogP contribution is 2.42. The second kappa shape index (κ2) is 5.78. The first-order chi connectivity index (χ1) is 13.0. The van der Waals surface area contributed by atoms with E-state index in [1.807, 2.05) is 37.0 Å². The molecule has 27 heavy (non-hydrogen) atoms. The largest absolute Gasteiger partial charge is 0.309 e. The number of rotatable bonds is 3. The fourth-order valence-electron chi connectivity index (χ4n) is 3.27. The Morgan fingerprint density at radius 2 is 2.04 bits per heavy atom. The van der Waals surface area contributed by atoms with Crippen LogP contribution in [0.15, 0.2) is 36.7 Å². The standard InChI is InChI=1S/C18H18N8S/c1-18(2)13-8-11(9-15-23-24-16(10-27-18)26(13)15)12-4-6-19-17(21-12)22-14-5-7-20-25(14)3/h4-9H,10H2,1-3H3,(H,19,21,22). The van der Waals surface area contributed by atoms with Gasteiger partial charge < -0.3 is 5.32 Å². The van der Waals surface area contributed by atoms with Crippen LogP contribution in [0, 0.1) is 0 Å². The average Bonchev–Trinajstić information content (AvgIpc) is 3.25. The SMILES string of the molecule is Cn1nccc1Nc1nccc(-c2cc3n4c(nnc4c2)CSC3(C)C)n1. The summed E-state index contributed by atoms with van der Waals surface area (Å²) in [6.07, 6.45) is 3.49. The fourth-order valence-corrected chi connectivity index (χ4v) is 4.25. The van der Waals surface area contributed by atoms with Gasteiger partial charge in [0.1, 0.15) is 11.6 Å². The van der Waals surface area contributed by atoms with Gasteiger partial charge in [-0.2, -0.15) is 5.10 Å². The van der Waals surface area contributed by atoms with Crippen molar-refractivity contribution in [2.45, 2.75) is 24.3 Å². The van der Waals surface area contributed by atoms with Gasteiger partial charge in [0.2, 0.25) is 5.95 Å². The van der Waals surface area contributed by atoms with Crippen molar-refractivity contribution in [3.63, 3.8) is 0 Å². The third kappa shape index (κ3) is 2.66. The number of pyridine rings is 1. The summed E-state index contributed by atoms with van der Waals surface area (Å²) in [5, 5.41) is 16.1. The molecule has 136 valence electrons. The van der Waals surface area contributed by atoms with Crippen LogP contribution < -0.4 is 5.32 Å². The van der Waals surface area contributed by atoms with E-state index in [2.05, 4.69) is 54.9 Å². The number of nitrogens with zero attached hydrogens (tertiary/aromatic N) is 7. The van der Waals surface area contributed by atoms with E-state index in [4.69, 9.17) is 0 Å². The first kappa shape index (κ1) is 16.2. The van der Waals surface area contributed by atoms with Crippen molar-refractivity contribution in [1.82, 2.24) is 34.3 Å². The van der Waals surface area contributed by atoms with Crippen molar-refractivity contribution in [2.24, 2.45) is 7.05 Å². The number of hydrogen-bond donors (Lipinski definition) is 1. The highest BCUT2D eigenvalue weighted by molar-refractivity contribution is 7.99. The highest BCUT2D eigenvalue weighted by atomic mass is 32.2. The van der Waals surface area contributed by atoms with Crippen LogP contribution in [0.2, 0.25) is 0 Å². The molecule has 4 aromatic rings. The number of nitrogens with one attached hydrogen (secondary N) is 1. The molecule has 0 saturated heterocycles. The summed E-state index contributed by atoms with van der Waals surface area (Å²) >= 11 is 1.87. The van der Waals surface area contributed by atoms with Gasteiger partial charge in [0.15, 0.2) is 5.65 Å². The monoisotopic (exact) mass is 378 g/mol. The van der Waals surface area contributed by atoms with Crippen molar-refractivity contribution >= 4 is 29.2 Å². The van der Waals surface area contributed by atoms with Crippen LogP contribution >= 0.6 is 11.8 Å². The zero-order chi connectivity index (χ0) is 18.6. The molecule has 0 aliphatic carbocycles. The van der Waals surface area contributed by atoms with Crippen molar-refractivity contribution < 1.29 is 0 Å². The van der Waals surface area contributed by atoms with Crippen molar-refractivity contribution in [3.8, 4) is 11.3 Å². The second-order valence-electron chi connectivity index (χ2n) is 6.97. The Morgan fingerprint density at radius 1 is 1.15 bits per heavy atom. The van der Waals surface area contributed by atoms with Gasteiger partial charge in [-0.3, -0.25) is 9.08 Å². The third-order valence-electron chi connectivity index (χ3n) is 4.76. The van der Waals surface area contributed by atoms with Crippen LogP contribution in [0.3, 0.4) is 0 Å². The third-order valence-corrected chi connectivity index (χ3v) is 6.10. The molecule has 8 nitrogen and oxygen atoms in total. The number of thioether (sulfide) groups is 1. The predicted molar refractivity (Wildman–Crippen MR) is 105 cm³/mol. The summed E-state index contributed by atoms with van der Waals surface area (Å²) in [5.41, 5.74) is 3.88. The molecule has 5 rings (SSSR count). The molecule has 1 N–H and O–H groups in total. The lowest BCUT2D eigenvalue weighted by atomic mass is 10.0. The molecule has 0 bridgehead atoms. The minimum atomic E-state index is -0.0214. The van der Waals surface area contributed by atoms with E-state index >= 15 is 0 Å². The van der Waals surface area contributed by atoms with Gasteiger partial charge in [0.25, 0.3) is 0 Å². The highest BCUT2D eigenvalue weighted by Gasteiger charge is 2.31. The van der Waals surface area contributed by atoms with Gasteiger partial charge in [-0.15, -0.1) is 22.0 Å². The number of hydrogen-bond acceptors (Lipinski definition) is 7. The Morgan fingerprint density at radius 3 is 2.85 bits per heavy atom.